The van der Waals surface area contributed by atoms with Crippen LogP contribution in [0.1, 0.15) is 29.3 Å². The van der Waals surface area contributed by atoms with Crippen LogP contribution in [0.5, 0.6) is 5.75 Å². The highest BCUT2D eigenvalue weighted by Crippen LogP contribution is 2.29. The van der Waals surface area contributed by atoms with E-state index in [0.717, 1.165) is 27.7 Å². The lowest BCUT2D eigenvalue weighted by Gasteiger charge is -2.10. The van der Waals surface area contributed by atoms with Crippen LogP contribution in [-0.2, 0) is 11.3 Å². The molecule has 0 fully saturated rings. The van der Waals surface area contributed by atoms with Crippen LogP contribution in [0.25, 0.3) is 17.0 Å². The number of aromatic nitrogens is 1. The van der Waals surface area contributed by atoms with Gasteiger partial charge in [-0.25, -0.2) is 0 Å². The van der Waals surface area contributed by atoms with Gasteiger partial charge >= 0.3 is 0 Å². The molecule has 4 aromatic rings. The lowest BCUT2D eigenvalue weighted by atomic mass is 10.1. The molecule has 0 aliphatic carbocycles. The molecule has 0 atom stereocenters. The second-order valence-electron chi connectivity index (χ2n) is 7.95. The van der Waals surface area contributed by atoms with E-state index in [2.05, 4.69) is 16.0 Å². The number of ether oxygens (including phenoxy) is 1. The second kappa shape index (κ2) is 10.4. The lowest BCUT2D eigenvalue weighted by Crippen LogP contribution is -2.13. The number of para-hydroxylation sites is 1. The Morgan fingerprint density at radius 1 is 1.03 bits per heavy atom. The summed E-state index contributed by atoms with van der Waals surface area (Å²) in [5.41, 5.74) is 4.77. The number of rotatable bonds is 7. The zero-order valence-corrected chi connectivity index (χ0v) is 19.6. The van der Waals surface area contributed by atoms with Crippen molar-refractivity contribution in [2.75, 3.05) is 11.9 Å². The number of hydrogen-bond acceptors (Lipinski definition) is 4. The largest absolute Gasteiger partial charge is 0.494 e. The van der Waals surface area contributed by atoms with Crippen LogP contribution in [0.2, 0.25) is 0 Å². The zero-order valence-electron chi connectivity index (χ0n) is 19.6. The number of carbonyl (C=O) groups excluding carboxylic acids is 1. The van der Waals surface area contributed by atoms with Crippen LogP contribution >= 0.6 is 0 Å². The molecule has 4 rings (SSSR count). The number of nitriles is 2. The first-order valence-electron chi connectivity index (χ1n) is 11.3. The molecule has 0 saturated heterocycles. The predicted octanol–water partition coefficient (Wildman–Crippen LogP) is 5.81. The van der Waals surface area contributed by atoms with Gasteiger partial charge in [0.15, 0.2) is 0 Å². The topological polar surface area (TPSA) is 90.8 Å². The minimum Gasteiger partial charge on any atom is -0.494 e. The number of nitrogens with one attached hydrogen (secondary N) is 1. The standard InChI is InChI=1S/C29H24N4O2/c1-3-35-25-14-12-24(13-15-25)32-29(34)23(18-31)16-27-20(2)33(28-11-7-6-10-26(27)28)19-22-9-5-4-8-21(22)17-30/h4-16H,3,19H2,1-2H3,(H,32,34)/b23-16+. The Labute approximate surface area is 204 Å². The van der Waals surface area contributed by atoms with Gasteiger partial charge in [0.05, 0.1) is 18.2 Å². The molecule has 0 aliphatic heterocycles. The molecular formula is C29H24N4O2. The van der Waals surface area contributed by atoms with Gasteiger partial charge in [-0.05, 0) is 61.9 Å². The van der Waals surface area contributed by atoms with E-state index in [1.807, 2.05) is 62.4 Å². The minimum absolute atomic E-state index is 0.00214. The summed E-state index contributed by atoms with van der Waals surface area (Å²) in [5, 5.41) is 23.0. The SMILES string of the molecule is CCOc1ccc(NC(=O)/C(C#N)=C/c2c(C)n(Cc3ccccc3C#N)c3ccccc23)cc1. The Balaban J connectivity index is 1.70. The maximum absolute atomic E-state index is 12.9. The summed E-state index contributed by atoms with van der Waals surface area (Å²) in [7, 11) is 0. The van der Waals surface area contributed by atoms with Crippen molar-refractivity contribution < 1.29 is 9.53 Å². The third-order valence-corrected chi connectivity index (χ3v) is 5.82. The summed E-state index contributed by atoms with van der Waals surface area (Å²) in [6.07, 6.45) is 1.63. The van der Waals surface area contributed by atoms with E-state index in [1.165, 1.54) is 0 Å². The van der Waals surface area contributed by atoms with Crippen molar-refractivity contribution in [1.82, 2.24) is 4.57 Å². The first-order chi connectivity index (χ1) is 17.0. The fraction of sp³-hybridized carbons (Fsp3) is 0.138. The summed E-state index contributed by atoms with van der Waals surface area (Å²) in [6, 6.07) is 26.7. The number of amides is 1. The third kappa shape index (κ3) is 4.93. The van der Waals surface area contributed by atoms with Gasteiger partial charge < -0.3 is 14.6 Å². The van der Waals surface area contributed by atoms with E-state index in [9.17, 15) is 15.3 Å². The molecule has 1 aromatic heterocycles. The quantitative estimate of drug-likeness (QED) is 0.278. The molecule has 0 radical (unpaired) electrons. The number of carbonyl (C=O) groups is 1. The number of benzene rings is 3. The molecule has 1 amide bonds. The van der Waals surface area contributed by atoms with E-state index in [-0.39, 0.29) is 5.57 Å². The molecule has 6 nitrogen and oxygen atoms in total. The van der Waals surface area contributed by atoms with Crippen molar-refractivity contribution in [3.8, 4) is 17.9 Å². The molecule has 0 bridgehead atoms. The number of hydrogen-bond donors (Lipinski definition) is 1. The minimum atomic E-state index is -0.484. The maximum Gasteiger partial charge on any atom is 0.266 e. The highest BCUT2D eigenvalue weighted by molar-refractivity contribution is 6.11. The average molecular weight is 461 g/mol. The van der Waals surface area contributed by atoms with E-state index in [0.29, 0.717) is 30.2 Å². The van der Waals surface area contributed by atoms with Crippen molar-refractivity contribution >= 4 is 28.6 Å². The van der Waals surface area contributed by atoms with Crippen LogP contribution in [0.3, 0.4) is 0 Å². The Morgan fingerprint density at radius 2 is 1.74 bits per heavy atom. The van der Waals surface area contributed by atoms with Crippen LogP contribution in [-0.4, -0.2) is 17.1 Å². The molecular weight excluding hydrogens is 436 g/mol. The molecule has 0 unspecified atom stereocenters. The Hall–Kier alpha value is -4.81. The molecule has 172 valence electrons. The zero-order chi connectivity index (χ0) is 24.8. The van der Waals surface area contributed by atoms with Crippen molar-refractivity contribution in [2.45, 2.75) is 20.4 Å². The summed E-state index contributed by atoms with van der Waals surface area (Å²) in [4.78, 5) is 12.9. The fourth-order valence-electron chi connectivity index (χ4n) is 4.07. The normalized spacial score (nSPS) is 11.0. The smallest absolute Gasteiger partial charge is 0.266 e. The van der Waals surface area contributed by atoms with Gasteiger partial charge in [0.2, 0.25) is 0 Å². The molecule has 0 aliphatic rings. The highest BCUT2D eigenvalue weighted by Gasteiger charge is 2.17. The number of nitrogens with zero attached hydrogens (tertiary/aromatic N) is 3. The average Bonchev–Trinajstić information content (AvgIpc) is 3.14. The first-order valence-corrected chi connectivity index (χ1v) is 11.3. The van der Waals surface area contributed by atoms with E-state index >= 15 is 0 Å². The van der Waals surface area contributed by atoms with Gasteiger partial charge in [0, 0.05) is 34.4 Å². The molecule has 6 heteroatoms. The van der Waals surface area contributed by atoms with Crippen molar-refractivity contribution in [1.29, 1.82) is 10.5 Å². The molecule has 0 saturated carbocycles. The predicted molar refractivity (Wildman–Crippen MR) is 137 cm³/mol. The molecule has 1 N–H and O–H groups in total. The van der Waals surface area contributed by atoms with Crippen molar-refractivity contribution in [3.63, 3.8) is 0 Å². The molecule has 35 heavy (non-hydrogen) atoms. The molecule has 3 aromatic carbocycles. The van der Waals surface area contributed by atoms with E-state index in [1.54, 1.807) is 36.4 Å². The Morgan fingerprint density at radius 3 is 2.46 bits per heavy atom. The maximum atomic E-state index is 12.9. The van der Waals surface area contributed by atoms with E-state index in [4.69, 9.17) is 4.74 Å². The van der Waals surface area contributed by atoms with Gasteiger partial charge in [0.1, 0.15) is 17.4 Å². The van der Waals surface area contributed by atoms with Gasteiger partial charge in [-0.3, -0.25) is 4.79 Å². The van der Waals surface area contributed by atoms with Crippen LogP contribution in [0.15, 0.2) is 78.4 Å². The van der Waals surface area contributed by atoms with Gasteiger partial charge in [-0.2, -0.15) is 10.5 Å². The molecule has 1 heterocycles. The number of anilines is 1. The van der Waals surface area contributed by atoms with Gasteiger partial charge in [-0.1, -0.05) is 36.4 Å². The number of fused-ring (bicyclic) bond motifs is 1. The highest BCUT2D eigenvalue weighted by atomic mass is 16.5. The first kappa shape index (κ1) is 23.4. The van der Waals surface area contributed by atoms with Crippen LogP contribution in [0.4, 0.5) is 5.69 Å². The van der Waals surface area contributed by atoms with Crippen LogP contribution < -0.4 is 10.1 Å². The van der Waals surface area contributed by atoms with E-state index < -0.39 is 5.91 Å². The Kier molecular flexibility index (Phi) is 6.95. The van der Waals surface area contributed by atoms with Crippen LogP contribution in [0, 0.1) is 29.6 Å². The fourth-order valence-corrected chi connectivity index (χ4v) is 4.07. The lowest BCUT2D eigenvalue weighted by molar-refractivity contribution is -0.112. The van der Waals surface area contributed by atoms with Gasteiger partial charge in [0.25, 0.3) is 5.91 Å². The van der Waals surface area contributed by atoms with Gasteiger partial charge in [-0.15, -0.1) is 0 Å². The van der Waals surface area contributed by atoms with Crippen molar-refractivity contribution in [3.05, 3.63) is 101 Å². The summed E-state index contributed by atoms with van der Waals surface area (Å²) < 4.78 is 7.54. The summed E-state index contributed by atoms with van der Waals surface area (Å²) in [5.74, 6) is 0.227. The van der Waals surface area contributed by atoms with Crippen molar-refractivity contribution in [2.24, 2.45) is 0 Å². The third-order valence-electron chi connectivity index (χ3n) is 5.82. The monoisotopic (exact) mass is 460 g/mol. The molecule has 0 spiro atoms. The Bertz CT molecular complexity index is 1500. The summed E-state index contributed by atoms with van der Waals surface area (Å²) >= 11 is 0. The summed E-state index contributed by atoms with van der Waals surface area (Å²) in [6.45, 7) is 4.92. The second-order valence-corrected chi connectivity index (χ2v) is 7.95.